The molecule has 2 aliphatic carbocycles. The molecule has 2 fully saturated rings. The van der Waals surface area contributed by atoms with E-state index in [1.807, 2.05) is 20.8 Å². The molecule has 5 nitrogen and oxygen atoms in total. The van der Waals surface area contributed by atoms with Gasteiger partial charge in [0, 0.05) is 12.3 Å². The Labute approximate surface area is 140 Å². The van der Waals surface area contributed by atoms with Crippen LogP contribution in [0.15, 0.2) is 0 Å². The number of rotatable bonds is 3. The smallest absolute Gasteiger partial charge is 0.407 e. The monoisotopic (exact) mass is 345 g/mol. The number of alkyl carbamates (subject to hydrolysis) is 1. The van der Waals surface area contributed by atoms with Crippen LogP contribution in [0.4, 0.5) is 4.79 Å². The van der Waals surface area contributed by atoms with Gasteiger partial charge in [0.15, 0.2) is 0 Å². The van der Waals surface area contributed by atoms with Gasteiger partial charge in [-0.1, -0.05) is 6.92 Å². The van der Waals surface area contributed by atoms with Crippen LogP contribution in [0.25, 0.3) is 0 Å². The number of hydrogen-bond acceptors (Lipinski definition) is 4. The maximum atomic E-state index is 11.9. The third-order valence-corrected chi connectivity index (χ3v) is 6.20. The van der Waals surface area contributed by atoms with Gasteiger partial charge in [-0.05, 0) is 70.1 Å². The standard InChI is InChI=1S/C17H31NO4S/c1-16(2,3)22-15(19)18-14-7-6-12-9-17(4,10-13(12)8-14)11-23(5,20)21/h12-14H,6-11H2,1-5H3,(H,18,19)/t12?,13-,14?,17?/m0/s1. The third-order valence-electron chi connectivity index (χ3n) is 4.98. The first-order chi connectivity index (χ1) is 10.4. The van der Waals surface area contributed by atoms with Crippen LogP contribution in [0.1, 0.15) is 59.8 Å². The average molecular weight is 346 g/mol. The summed E-state index contributed by atoms with van der Waals surface area (Å²) < 4.78 is 28.7. The minimum absolute atomic E-state index is 0.107. The summed E-state index contributed by atoms with van der Waals surface area (Å²) in [6, 6.07) is 0.145. The summed E-state index contributed by atoms with van der Waals surface area (Å²) in [7, 11) is -2.95. The van der Waals surface area contributed by atoms with E-state index in [4.69, 9.17) is 4.74 Å². The van der Waals surface area contributed by atoms with Crippen molar-refractivity contribution in [3.05, 3.63) is 0 Å². The summed E-state index contributed by atoms with van der Waals surface area (Å²) in [6.45, 7) is 7.67. The second-order valence-corrected chi connectivity index (χ2v) is 11.1. The number of ether oxygens (including phenoxy) is 1. The lowest BCUT2D eigenvalue weighted by Gasteiger charge is -2.32. The van der Waals surface area contributed by atoms with Crippen molar-refractivity contribution in [1.82, 2.24) is 5.32 Å². The molecule has 0 radical (unpaired) electrons. The molecule has 0 aromatic heterocycles. The molecule has 2 rings (SSSR count). The Morgan fingerprint density at radius 2 is 1.83 bits per heavy atom. The molecular weight excluding hydrogens is 314 g/mol. The highest BCUT2D eigenvalue weighted by molar-refractivity contribution is 7.90. The number of fused-ring (bicyclic) bond motifs is 1. The van der Waals surface area contributed by atoms with Gasteiger partial charge >= 0.3 is 6.09 Å². The van der Waals surface area contributed by atoms with Gasteiger partial charge in [-0.25, -0.2) is 13.2 Å². The summed E-state index contributed by atoms with van der Waals surface area (Å²) in [5.74, 6) is 1.38. The average Bonchev–Trinajstić information content (AvgIpc) is 2.58. The van der Waals surface area contributed by atoms with E-state index in [1.54, 1.807) is 0 Å². The second kappa shape index (κ2) is 6.26. The van der Waals surface area contributed by atoms with Crippen molar-refractivity contribution in [3.8, 4) is 0 Å². The van der Waals surface area contributed by atoms with Gasteiger partial charge in [-0.3, -0.25) is 0 Å². The summed E-state index contributed by atoms with van der Waals surface area (Å²) in [5, 5.41) is 2.98. The van der Waals surface area contributed by atoms with E-state index < -0.39 is 15.4 Å². The number of nitrogens with one attached hydrogen (secondary N) is 1. The largest absolute Gasteiger partial charge is 0.444 e. The quantitative estimate of drug-likeness (QED) is 0.853. The Balaban J connectivity index is 1.90. The van der Waals surface area contributed by atoms with Gasteiger partial charge in [0.1, 0.15) is 15.4 Å². The topological polar surface area (TPSA) is 72.5 Å². The summed E-state index contributed by atoms with van der Waals surface area (Å²) in [4.78, 5) is 11.9. The van der Waals surface area contributed by atoms with Gasteiger partial charge in [0.2, 0.25) is 0 Å². The molecule has 23 heavy (non-hydrogen) atoms. The first kappa shape index (κ1) is 18.6. The van der Waals surface area contributed by atoms with Crippen molar-refractivity contribution >= 4 is 15.9 Å². The van der Waals surface area contributed by atoms with Crippen molar-refractivity contribution in [1.29, 1.82) is 0 Å². The van der Waals surface area contributed by atoms with E-state index in [0.29, 0.717) is 11.8 Å². The van der Waals surface area contributed by atoms with Crippen LogP contribution in [0.5, 0.6) is 0 Å². The van der Waals surface area contributed by atoms with E-state index in [1.165, 1.54) is 6.26 Å². The predicted octanol–water partition coefficient (Wildman–Crippen LogP) is 3.14. The number of amides is 1. The highest BCUT2D eigenvalue weighted by Gasteiger charge is 2.46. The van der Waals surface area contributed by atoms with Gasteiger partial charge < -0.3 is 10.1 Å². The number of carbonyl (C=O) groups excluding carboxylic acids is 1. The van der Waals surface area contributed by atoms with Gasteiger partial charge in [0.25, 0.3) is 0 Å². The van der Waals surface area contributed by atoms with Gasteiger partial charge in [-0.15, -0.1) is 0 Å². The van der Waals surface area contributed by atoms with Crippen molar-refractivity contribution in [3.63, 3.8) is 0 Å². The molecule has 1 N–H and O–H groups in total. The first-order valence-electron chi connectivity index (χ1n) is 8.52. The fourth-order valence-electron chi connectivity index (χ4n) is 4.55. The summed E-state index contributed by atoms with van der Waals surface area (Å²) >= 11 is 0. The molecule has 0 bridgehead atoms. The molecular formula is C17H31NO4S. The lowest BCUT2D eigenvalue weighted by Crippen LogP contribution is -2.42. The third kappa shape index (κ3) is 5.66. The van der Waals surface area contributed by atoms with Gasteiger partial charge in [0.05, 0.1) is 5.75 Å². The maximum Gasteiger partial charge on any atom is 0.407 e. The van der Waals surface area contributed by atoms with Crippen molar-refractivity contribution in [2.75, 3.05) is 12.0 Å². The lowest BCUT2D eigenvalue weighted by atomic mass is 9.79. The van der Waals surface area contributed by atoms with Crippen LogP contribution in [-0.2, 0) is 14.6 Å². The minimum Gasteiger partial charge on any atom is -0.444 e. The second-order valence-electron chi connectivity index (χ2n) is 8.97. The van der Waals surface area contributed by atoms with E-state index in [2.05, 4.69) is 12.2 Å². The first-order valence-corrected chi connectivity index (χ1v) is 10.6. The van der Waals surface area contributed by atoms with Crippen molar-refractivity contribution in [2.45, 2.75) is 71.4 Å². The Morgan fingerprint density at radius 1 is 1.22 bits per heavy atom. The molecule has 134 valence electrons. The molecule has 0 aromatic carbocycles. The Kier molecular flexibility index (Phi) is 5.05. The zero-order chi connectivity index (χ0) is 17.5. The molecule has 4 atom stereocenters. The zero-order valence-corrected chi connectivity index (χ0v) is 15.8. The molecule has 0 heterocycles. The highest BCUT2D eigenvalue weighted by atomic mass is 32.2. The van der Waals surface area contributed by atoms with E-state index in [9.17, 15) is 13.2 Å². The SMILES string of the molecule is CC1(CS(C)(=O)=O)CC2CCC(NC(=O)OC(C)(C)C)C[C@H]2C1. The van der Waals surface area contributed by atoms with E-state index in [0.717, 1.165) is 32.1 Å². The molecule has 0 spiro atoms. The van der Waals surface area contributed by atoms with E-state index >= 15 is 0 Å². The highest BCUT2D eigenvalue weighted by Crippen LogP contribution is 2.51. The fourth-order valence-corrected chi connectivity index (χ4v) is 6.05. The fraction of sp³-hybridized carbons (Fsp3) is 0.941. The van der Waals surface area contributed by atoms with E-state index in [-0.39, 0.29) is 23.3 Å². The normalized spacial score (nSPS) is 34.7. The maximum absolute atomic E-state index is 11.9. The summed E-state index contributed by atoms with van der Waals surface area (Å²) in [5.41, 5.74) is -0.591. The zero-order valence-electron chi connectivity index (χ0n) is 15.0. The number of sulfone groups is 1. The van der Waals surface area contributed by atoms with Crippen LogP contribution < -0.4 is 5.32 Å². The number of hydrogen-bond donors (Lipinski definition) is 1. The van der Waals surface area contributed by atoms with Crippen LogP contribution in [0.2, 0.25) is 0 Å². The molecule has 1 amide bonds. The van der Waals surface area contributed by atoms with Crippen LogP contribution >= 0.6 is 0 Å². The molecule has 3 unspecified atom stereocenters. The molecule has 0 aromatic rings. The lowest BCUT2D eigenvalue weighted by molar-refractivity contribution is 0.0476. The van der Waals surface area contributed by atoms with Crippen LogP contribution in [0, 0.1) is 17.3 Å². The number of carbonyl (C=O) groups is 1. The van der Waals surface area contributed by atoms with Crippen molar-refractivity contribution in [2.24, 2.45) is 17.3 Å². The Bertz CT molecular complexity index is 551. The molecule has 0 saturated heterocycles. The molecule has 2 saturated carbocycles. The molecule has 2 aliphatic rings. The molecule has 6 heteroatoms. The summed E-state index contributed by atoms with van der Waals surface area (Å²) in [6.07, 6.45) is 5.86. The Morgan fingerprint density at radius 3 is 2.39 bits per heavy atom. The Hall–Kier alpha value is -0.780. The van der Waals surface area contributed by atoms with Crippen molar-refractivity contribution < 1.29 is 17.9 Å². The van der Waals surface area contributed by atoms with Crippen LogP contribution in [-0.4, -0.2) is 38.2 Å². The van der Waals surface area contributed by atoms with Crippen LogP contribution in [0.3, 0.4) is 0 Å². The minimum atomic E-state index is -2.95. The predicted molar refractivity (Wildman–Crippen MR) is 91.0 cm³/mol. The molecule has 0 aliphatic heterocycles. The van der Waals surface area contributed by atoms with Gasteiger partial charge in [-0.2, -0.15) is 0 Å².